The van der Waals surface area contributed by atoms with Gasteiger partial charge in [0.25, 0.3) is 0 Å². The topological polar surface area (TPSA) is 62.5 Å². The van der Waals surface area contributed by atoms with Gasteiger partial charge in [0.15, 0.2) is 5.60 Å². The lowest BCUT2D eigenvalue weighted by molar-refractivity contribution is -0.248. The Morgan fingerprint density at radius 1 is 1.15 bits per heavy atom. The quantitative estimate of drug-likeness (QED) is 0.853. The lowest BCUT2D eigenvalue weighted by atomic mass is 9.69. The van der Waals surface area contributed by atoms with E-state index in [1.54, 1.807) is 18.2 Å². The Labute approximate surface area is 119 Å². The van der Waals surface area contributed by atoms with Crippen LogP contribution in [0.2, 0.25) is 0 Å². The summed E-state index contributed by atoms with van der Waals surface area (Å²) < 4.78 is 11.0. The fourth-order valence-corrected chi connectivity index (χ4v) is 2.49. The van der Waals surface area contributed by atoms with Crippen molar-refractivity contribution in [1.82, 2.24) is 0 Å². The van der Waals surface area contributed by atoms with E-state index in [9.17, 15) is 5.11 Å². The van der Waals surface area contributed by atoms with E-state index in [0.717, 1.165) is 5.56 Å². The van der Waals surface area contributed by atoms with Crippen LogP contribution in [-0.2, 0) is 15.1 Å². The average Bonchev–Trinajstić information content (AvgIpc) is 2.98. The normalized spacial score (nSPS) is 26.1. The third kappa shape index (κ3) is 1.87. The van der Waals surface area contributed by atoms with Crippen LogP contribution in [0.15, 0.2) is 35.9 Å². The molecule has 2 aliphatic rings. The molecule has 1 saturated heterocycles. The zero-order chi connectivity index (χ0) is 14.8. The molecule has 1 atom stereocenters. The van der Waals surface area contributed by atoms with Crippen molar-refractivity contribution < 1.29 is 14.6 Å². The molecule has 20 heavy (non-hydrogen) atoms. The molecule has 0 amide bonds. The van der Waals surface area contributed by atoms with Crippen LogP contribution in [0.25, 0.3) is 0 Å². The predicted molar refractivity (Wildman–Crippen MR) is 74.8 cm³/mol. The van der Waals surface area contributed by atoms with E-state index in [2.05, 4.69) is 0 Å². The standard InChI is InChI=1S/C14H13NO3.C2H6/c1-10-2-4-11(5-3-10)14(16)12(9-15)8-13(14)17-6-7-18-13;1-2/h2-5,8,16H,6-7H2,1H3;1-2H3. The van der Waals surface area contributed by atoms with Crippen molar-refractivity contribution in [2.24, 2.45) is 0 Å². The second-order valence-electron chi connectivity index (χ2n) is 4.61. The molecule has 0 aromatic heterocycles. The summed E-state index contributed by atoms with van der Waals surface area (Å²) in [5.74, 6) is -1.19. The summed E-state index contributed by atoms with van der Waals surface area (Å²) >= 11 is 0. The van der Waals surface area contributed by atoms with Gasteiger partial charge in [0, 0.05) is 0 Å². The molecule has 0 bridgehead atoms. The van der Waals surface area contributed by atoms with Crippen LogP contribution in [0.4, 0.5) is 0 Å². The van der Waals surface area contributed by atoms with Crippen molar-refractivity contribution in [3.63, 3.8) is 0 Å². The highest BCUT2D eigenvalue weighted by Crippen LogP contribution is 2.53. The fourth-order valence-electron chi connectivity index (χ4n) is 2.49. The number of aliphatic hydroxyl groups is 1. The minimum atomic E-state index is -1.49. The van der Waals surface area contributed by atoms with Crippen molar-refractivity contribution in [2.75, 3.05) is 13.2 Å². The first-order chi connectivity index (χ1) is 9.62. The van der Waals surface area contributed by atoms with E-state index < -0.39 is 11.4 Å². The van der Waals surface area contributed by atoms with E-state index in [4.69, 9.17) is 14.7 Å². The van der Waals surface area contributed by atoms with Crippen molar-refractivity contribution >= 4 is 0 Å². The number of ether oxygens (including phenoxy) is 2. The fraction of sp³-hybridized carbons (Fsp3) is 0.438. The molecule has 1 heterocycles. The lowest BCUT2D eigenvalue weighted by Gasteiger charge is -2.48. The summed E-state index contributed by atoms with van der Waals surface area (Å²) in [6.07, 6.45) is 1.56. The number of aryl methyl sites for hydroxylation is 1. The summed E-state index contributed by atoms with van der Waals surface area (Å²) in [5, 5.41) is 19.9. The van der Waals surface area contributed by atoms with Crippen LogP contribution >= 0.6 is 0 Å². The van der Waals surface area contributed by atoms with E-state index in [1.807, 2.05) is 39.0 Å². The van der Waals surface area contributed by atoms with Crippen LogP contribution in [0.1, 0.15) is 25.0 Å². The molecule has 1 aliphatic carbocycles. The largest absolute Gasteiger partial charge is 0.374 e. The second kappa shape index (κ2) is 5.37. The van der Waals surface area contributed by atoms with Gasteiger partial charge in [-0.1, -0.05) is 43.7 Å². The zero-order valence-corrected chi connectivity index (χ0v) is 12.0. The number of nitriles is 1. The van der Waals surface area contributed by atoms with Gasteiger partial charge in [-0.25, -0.2) is 0 Å². The first kappa shape index (κ1) is 14.7. The Bertz CT molecular complexity index is 550. The van der Waals surface area contributed by atoms with Gasteiger partial charge in [0.05, 0.1) is 24.9 Å². The first-order valence-corrected chi connectivity index (χ1v) is 6.83. The molecule has 1 aromatic rings. The Morgan fingerprint density at radius 3 is 2.20 bits per heavy atom. The van der Waals surface area contributed by atoms with Gasteiger partial charge >= 0.3 is 0 Å². The lowest BCUT2D eigenvalue weighted by Crippen LogP contribution is -2.59. The number of nitrogens with zero attached hydrogens (tertiary/aromatic N) is 1. The van der Waals surface area contributed by atoms with Gasteiger partial charge < -0.3 is 14.6 Å². The molecule has 0 saturated carbocycles. The summed E-state index contributed by atoms with van der Waals surface area (Å²) in [4.78, 5) is 0. The maximum atomic E-state index is 10.8. The minimum Gasteiger partial charge on any atom is -0.374 e. The summed E-state index contributed by atoms with van der Waals surface area (Å²) in [6, 6.07) is 9.39. The summed E-state index contributed by atoms with van der Waals surface area (Å²) in [5.41, 5.74) is 0.486. The van der Waals surface area contributed by atoms with Crippen LogP contribution < -0.4 is 0 Å². The SMILES string of the molecule is CC.Cc1ccc(C2(O)C(C#N)=CC23OCCO3)cc1. The molecule has 0 radical (unpaired) electrons. The van der Waals surface area contributed by atoms with Crippen LogP contribution in [-0.4, -0.2) is 24.1 Å². The molecule has 3 rings (SSSR count). The Morgan fingerprint density at radius 2 is 1.70 bits per heavy atom. The van der Waals surface area contributed by atoms with Crippen LogP contribution in [0.3, 0.4) is 0 Å². The van der Waals surface area contributed by atoms with Gasteiger partial charge in [-0.3, -0.25) is 0 Å². The van der Waals surface area contributed by atoms with E-state index in [-0.39, 0.29) is 5.57 Å². The number of hydrogen-bond acceptors (Lipinski definition) is 4. The summed E-state index contributed by atoms with van der Waals surface area (Å²) in [6.45, 7) is 6.81. The van der Waals surface area contributed by atoms with Crippen LogP contribution in [0.5, 0.6) is 0 Å². The molecule has 1 unspecified atom stereocenters. The van der Waals surface area contributed by atoms with Crippen molar-refractivity contribution in [3.8, 4) is 6.07 Å². The molecule has 4 nitrogen and oxygen atoms in total. The molecular weight excluding hydrogens is 254 g/mol. The molecule has 1 N–H and O–H groups in total. The van der Waals surface area contributed by atoms with Gasteiger partial charge in [-0.15, -0.1) is 0 Å². The molecule has 1 aromatic carbocycles. The first-order valence-electron chi connectivity index (χ1n) is 6.83. The highest BCUT2D eigenvalue weighted by molar-refractivity contribution is 5.53. The molecule has 106 valence electrons. The minimum absolute atomic E-state index is 0.272. The number of rotatable bonds is 1. The maximum absolute atomic E-state index is 10.8. The van der Waals surface area contributed by atoms with Gasteiger partial charge in [0.2, 0.25) is 5.79 Å². The average molecular weight is 273 g/mol. The van der Waals surface area contributed by atoms with Gasteiger partial charge in [-0.2, -0.15) is 5.26 Å². The van der Waals surface area contributed by atoms with Crippen LogP contribution in [0, 0.1) is 18.3 Å². The third-order valence-corrected chi connectivity index (χ3v) is 3.53. The molecule has 4 heteroatoms. The summed E-state index contributed by atoms with van der Waals surface area (Å²) in [7, 11) is 0. The monoisotopic (exact) mass is 273 g/mol. The smallest absolute Gasteiger partial charge is 0.228 e. The number of hydrogen-bond donors (Lipinski definition) is 1. The second-order valence-corrected chi connectivity index (χ2v) is 4.61. The van der Waals surface area contributed by atoms with Crippen molar-refractivity contribution in [3.05, 3.63) is 47.0 Å². The van der Waals surface area contributed by atoms with Gasteiger partial charge in [0.1, 0.15) is 0 Å². The molecule has 1 spiro atoms. The highest BCUT2D eigenvalue weighted by Gasteiger charge is 2.64. The number of benzene rings is 1. The predicted octanol–water partition coefficient (Wildman–Crippen LogP) is 2.42. The van der Waals surface area contributed by atoms with E-state index in [0.29, 0.717) is 18.8 Å². The Balaban J connectivity index is 0.000000704. The Hall–Kier alpha value is -1.67. The highest BCUT2D eigenvalue weighted by atomic mass is 16.8. The zero-order valence-electron chi connectivity index (χ0n) is 12.0. The molecule has 1 aliphatic heterocycles. The Kier molecular flexibility index (Phi) is 3.96. The van der Waals surface area contributed by atoms with Gasteiger partial charge in [-0.05, 0) is 18.6 Å². The van der Waals surface area contributed by atoms with Crippen molar-refractivity contribution in [2.45, 2.75) is 32.2 Å². The third-order valence-electron chi connectivity index (χ3n) is 3.53. The van der Waals surface area contributed by atoms with E-state index in [1.165, 1.54) is 0 Å². The molecular formula is C16H19NO3. The van der Waals surface area contributed by atoms with E-state index >= 15 is 0 Å². The molecule has 1 fully saturated rings. The maximum Gasteiger partial charge on any atom is 0.228 e. The van der Waals surface area contributed by atoms with Crippen molar-refractivity contribution in [1.29, 1.82) is 5.26 Å².